The summed E-state index contributed by atoms with van der Waals surface area (Å²) in [4.78, 5) is 7.29. The smallest absolute Gasteiger partial charge is 0.230 e. The van der Waals surface area contributed by atoms with E-state index in [4.69, 9.17) is 4.74 Å². The molecule has 0 amide bonds. The minimum Gasteiger partial charge on any atom is -0.480 e. The molecule has 0 aromatic carbocycles. The maximum Gasteiger partial charge on any atom is 0.230 e. The number of anilines is 1. The SMILES string of the molecule is COc1nc(N(C)C)sc1CNC1CCS(=O)(=O)C1. The van der Waals surface area contributed by atoms with Gasteiger partial charge in [0.15, 0.2) is 15.0 Å². The fourth-order valence-corrected chi connectivity index (χ4v) is 4.59. The molecule has 0 saturated carbocycles. The van der Waals surface area contributed by atoms with E-state index in [9.17, 15) is 8.42 Å². The Morgan fingerprint density at radius 2 is 2.26 bits per heavy atom. The van der Waals surface area contributed by atoms with Crippen LogP contribution >= 0.6 is 11.3 Å². The summed E-state index contributed by atoms with van der Waals surface area (Å²) >= 11 is 1.55. The fourth-order valence-electron chi connectivity index (χ4n) is 1.98. The van der Waals surface area contributed by atoms with E-state index in [0.29, 0.717) is 18.8 Å². The molecule has 0 spiro atoms. The number of hydrogen-bond donors (Lipinski definition) is 1. The minimum absolute atomic E-state index is 0.0413. The van der Waals surface area contributed by atoms with Crippen LogP contribution in [0.1, 0.15) is 11.3 Å². The topological polar surface area (TPSA) is 71.5 Å². The number of ether oxygens (including phenoxy) is 1. The number of aromatic nitrogens is 1. The molecule has 0 bridgehead atoms. The molecule has 2 heterocycles. The Morgan fingerprint density at radius 3 is 2.79 bits per heavy atom. The maximum atomic E-state index is 11.4. The highest BCUT2D eigenvalue weighted by Crippen LogP contribution is 2.30. The van der Waals surface area contributed by atoms with Gasteiger partial charge in [-0.1, -0.05) is 11.3 Å². The van der Waals surface area contributed by atoms with Crippen LogP contribution in [-0.4, -0.2) is 52.2 Å². The highest BCUT2D eigenvalue weighted by molar-refractivity contribution is 7.91. The van der Waals surface area contributed by atoms with Crippen molar-refractivity contribution in [3.05, 3.63) is 4.88 Å². The molecule has 8 heteroatoms. The number of methoxy groups -OCH3 is 1. The van der Waals surface area contributed by atoms with E-state index in [1.165, 1.54) is 0 Å². The van der Waals surface area contributed by atoms with Gasteiger partial charge in [-0.3, -0.25) is 0 Å². The van der Waals surface area contributed by atoms with Crippen LogP contribution in [0.2, 0.25) is 0 Å². The first kappa shape index (κ1) is 14.5. The summed E-state index contributed by atoms with van der Waals surface area (Å²) in [5.41, 5.74) is 0. The highest BCUT2D eigenvalue weighted by atomic mass is 32.2. The van der Waals surface area contributed by atoms with Gasteiger partial charge in [-0.15, -0.1) is 0 Å². The van der Waals surface area contributed by atoms with Crippen LogP contribution in [0.4, 0.5) is 5.13 Å². The molecule has 1 aliphatic rings. The fraction of sp³-hybridized carbons (Fsp3) is 0.727. The molecule has 1 fully saturated rings. The van der Waals surface area contributed by atoms with E-state index in [2.05, 4.69) is 10.3 Å². The zero-order valence-corrected chi connectivity index (χ0v) is 13.0. The molecular formula is C11H19N3O3S2. The largest absolute Gasteiger partial charge is 0.480 e. The van der Waals surface area contributed by atoms with Gasteiger partial charge in [-0.25, -0.2) is 8.42 Å². The second kappa shape index (κ2) is 5.64. The summed E-state index contributed by atoms with van der Waals surface area (Å²) in [7, 11) is 2.62. The van der Waals surface area contributed by atoms with Gasteiger partial charge in [0.2, 0.25) is 5.88 Å². The molecule has 1 N–H and O–H groups in total. The molecular weight excluding hydrogens is 286 g/mol. The van der Waals surface area contributed by atoms with Crippen LogP contribution in [0.3, 0.4) is 0 Å². The van der Waals surface area contributed by atoms with E-state index >= 15 is 0 Å². The van der Waals surface area contributed by atoms with E-state index in [1.807, 2.05) is 19.0 Å². The second-order valence-electron chi connectivity index (χ2n) is 4.80. The molecule has 6 nitrogen and oxygen atoms in total. The molecule has 2 rings (SSSR count). The van der Waals surface area contributed by atoms with Gasteiger partial charge in [0.1, 0.15) is 0 Å². The molecule has 1 aliphatic heterocycles. The lowest BCUT2D eigenvalue weighted by molar-refractivity contribution is 0.393. The van der Waals surface area contributed by atoms with E-state index in [0.717, 1.165) is 10.0 Å². The first-order chi connectivity index (χ1) is 8.91. The van der Waals surface area contributed by atoms with Crippen molar-refractivity contribution in [2.75, 3.05) is 37.6 Å². The average Bonchev–Trinajstić information content (AvgIpc) is 2.89. The van der Waals surface area contributed by atoms with Gasteiger partial charge >= 0.3 is 0 Å². The van der Waals surface area contributed by atoms with Crippen LogP contribution < -0.4 is 15.0 Å². The predicted octanol–water partition coefficient (Wildman–Crippen LogP) is 0.494. The van der Waals surface area contributed by atoms with Crippen LogP contribution in [0.25, 0.3) is 0 Å². The van der Waals surface area contributed by atoms with Crippen molar-refractivity contribution in [2.45, 2.75) is 19.0 Å². The minimum atomic E-state index is -2.84. The van der Waals surface area contributed by atoms with Gasteiger partial charge in [0.25, 0.3) is 0 Å². The van der Waals surface area contributed by atoms with Gasteiger partial charge in [0, 0.05) is 26.7 Å². The van der Waals surface area contributed by atoms with Crippen LogP contribution in [0.15, 0.2) is 0 Å². The van der Waals surface area contributed by atoms with E-state index in [1.54, 1.807) is 18.4 Å². The van der Waals surface area contributed by atoms with Crippen molar-refractivity contribution in [1.82, 2.24) is 10.3 Å². The monoisotopic (exact) mass is 305 g/mol. The Balaban J connectivity index is 1.99. The van der Waals surface area contributed by atoms with E-state index in [-0.39, 0.29) is 17.5 Å². The summed E-state index contributed by atoms with van der Waals surface area (Å²) in [5.74, 6) is 1.13. The Morgan fingerprint density at radius 1 is 1.53 bits per heavy atom. The Hall–Kier alpha value is -0.860. The summed E-state index contributed by atoms with van der Waals surface area (Å²) < 4.78 is 28.0. The Labute approximate surface area is 117 Å². The van der Waals surface area contributed by atoms with Gasteiger partial charge in [0.05, 0.1) is 23.5 Å². The van der Waals surface area contributed by atoms with Crippen molar-refractivity contribution < 1.29 is 13.2 Å². The zero-order valence-electron chi connectivity index (χ0n) is 11.3. The molecule has 19 heavy (non-hydrogen) atoms. The third-order valence-corrected chi connectivity index (χ3v) is 5.98. The Kier molecular flexibility index (Phi) is 4.32. The van der Waals surface area contributed by atoms with Crippen LogP contribution in [0, 0.1) is 0 Å². The quantitative estimate of drug-likeness (QED) is 0.854. The van der Waals surface area contributed by atoms with Crippen molar-refractivity contribution in [3.8, 4) is 5.88 Å². The maximum absolute atomic E-state index is 11.4. The molecule has 1 aromatic rings. The van der Waals surface area contributed by atoms with Gasteiger partial charge in [-0.2, -0.15) is 4.98 Å². The summed E-state index contributed by atoms with van der Waals surface area (Å²) in [6, 6.07) is 0.0413. The molecule has 108 valence electrons. The van der Waals surface area contributed by atoms with Crippen LogP contribution in [-0.2, 0) is 16.4 Å². The number of nitrogens with zero attached hydrogens (tertiary/aromatic N) is 2. The number of sulfone groups is 1. The molecule has 1 aromatic heterocycles. The third kappa shape index (κ3) is 3.58. The number of rotatable bonds is 5. The second-order valence-corrected chi connectivity index (χ2v) is 8.09. The molecule has 1 unspecified atom stereocenters. The molecule has 0 aliphatic carbocycles. The van der Waals surface area contributed by atoms with Gasteiger partial charge < -0.3 is 15.0 Å². The lowest BCUT2D eigenvalue weighted by Crippen LogP contribution is -2.29. The van der Waals surface area contributed by atoms with Crippen molar-refractivity contribution >= 4 is 26.3 Å². The first-order valence-corrected chi connectivity index (χ1v) is 8.70. The summed E-state index contributed by atoms with van der Waals surface area (Å²) in [5, 5.41) is 4.16. The number of hydrogen-bond acceptors (Lipinski definition) is 7. The van der Waals surface area contributed by atoms with Crippen molar-refractivity contribution in [1.29, 1.82) is 0 Å². The Bertz CT molecular complexity index is 539. The van der Waals surface area contributed by atoms with Crippen molar-refractivity contribution in [2.24, 2.45) is 0 Å². The standard InChI is InChI=1S/C11H19N3O3S2/c1-14(2)11-13-10(17-3)9(18-11)6-12-8-4-5-19(15,16)7-8/h8,12H,4-7H2,1-3H3. The third-order valence-electron chi connectivity index (χ3n) is 3.01. The molecule has 1 atom stereocenters. The summed E-state index contributed by atoms with van der Waals surface area (Å²) in [6.45, 7) is 0.592. The molecule has 1 saturated heterocycles. The number of nitrogens with one attached hydrogen (secondary N) is 1. The van der Waals surface area contributed by atoms with Gasteiger partial charge in [-0.05, 0) is 6.42 Å². The lowest BCUT2D eigenvalue weighted by Gasteiger charge is -2.09. The van der Waals surface area contributed by atoms with E-state index < -0.39 is 9.84 Å². The van der Waals surface area contributed by atoms with Crippen LogP contribution in [0.5, 0.6) is 5.88 Å². The predicted molar refractivity (Wildman–Crippen MR) is 76.9 cm³/mol. The summed E-state index contributed by atoms with van der Waals surface area (Å²) in [6.07, 6.45) is 0.685. The zero-order chi connectivity index (χ0) is 14.0. The van der Waals surface area contributed by atoms with Crippen molar-refractivity contribution in [3.63, 3.8) is 0 Å². The highest BCUT2D eigenvalue weighted by Gasteiger charge is 2.27. The molecule has 0 radical (unpaired) electrons. The average molecular weight is 305 g/mol. The lowest BCUT2D eigenvalue weighted by atomic mass is 10.2. The number of thiazole rings is 1. The normalized spacial score (nSPS) is 21.5. The first-order valence-electron chi connectivity index (χ1n) is 6.06.